The molecule has 0 aliphatic rings. The van der Waals surface area contributed by atoms with Crippen LogP contribution in [0.1, 0.15) is 11.1 Å². The maximum absolute atomic E-state index is 12.1. The minimum Gasteiger partial charge on any atom is -0.497 e. The Balaban J connectivity index is 1.95. The first-order chi connectivity index (χ1) is 13.4. The fourth-order valence-corrected chi connectivity index (χ4v) is 2.62. The minimum atomic E-state index is -0.558. The van der Waals surface area contributed by atoms with Gasteiger partial charge in [0.1, 0.15) is 17.2 Å². The van der Waals surface area contributed by atoms with E-state index in [0.717, 1.165) is 5.56 Å². The van der Waals surface area contributed by atoms with Crippen molar-refractivity contribution in [1.82, 2.24) is 0 Å². The second-order valence-corrected chi connectivity index (χ2v) is 6.27. The van der Waals surface area contributed by atoms with Crippen LogP contribution in [0.25, 0.3) is 0 Å². The topological polar surface area (TPSA) is 83.1 Å². The highest BCUT2D eigenvalue weighted by atomic mass is 35.5. The molecule has 8 heteroatoms. The van der Waals surface area contributed by atoms with E-state index in [1.807, 2.05) is 0 Å². The molecule has 2 aromatic rings. The molecule has 0 aliphatic heterocycles. The fraction of sp³-hybridized carbons (Fsp3) is 0.300. The van der Waals surface area contributed by atoms with Crippen LogP contribution in [0, 0.1) is 6.92 Å². The number of rotatable bonds is 8. The summed E-state index contributed by atoms with van der Waals surface area (Å²) >= 11 is 6.04. The highest BCUT2D eigenvalue weighted by molar-refractivity contribution is 6.31. The number of halogens is 1. The molecule has 1 amide bonds. The van der Waals surface area contributed by atoms with Crippen molar-refractivity contribution < 1.29 is 28.5 Å². The molecule has 28 heavy (non-hydrogen) atoms. The Bertz CT molecular complexity index is 868. The molecular formula is C20H22ClNO6. The first-order valence-corrected chi connectivity index (χ1v) is 8.76. The summed E-state index contributed by atoms with van der Waals surface area (Å²) in [5, 5.41) is 3.17. The first kappa shape index (κ1) is 21.4. The van der Waals surface area contributed by atoms with Crippen LogP contribution in [-0.2, 0) is 20.7 Å². The van der Waals surface area contributed by atoms with E-state index in [4.69, 9.17) is 30.5 Å². The third kappa shape index (κ3) is 5.53. The standard InChI is InChI=1S/C20H22ClNO6/c1-12-7-16(18(27-4)10-15(12)21)22-19(23)11-28-20(24)8-13-5-6-14(25-2)9-17(13)26-3/h5-7,9-10H,8,11H2,1-4H3,(H,22,23). The second-order valence-electron chi connectivity index (χ2n) is 5.87. The number of benzene rings is 2. The van der Waals surface area contributed by atoms with Crippen molar-refractivity contribution in [3.05, 3.63) is 46.5 Å². The van der Waals surface area contributed by atoms with Gasteiger partial charge in [-0.25, -0.2) is 0 Å². The monoisotopic (exact) mass is 407 g/mol. The molecule has 2 aromatic carbocycles. The van der Waals surface area contributed by atoms with E-state index in [1.165, 1.54) is 14.2 Å². The molecule has 0 aliphatic carbocycles. The maximum atomic E-state index is 12.1. The van der Waals surface area contributed by atoms with Gasteiger partial charge in [0.2, 0.25) is 0 Å². The number of aryl methyl sites for hydroxylation is 1. The molecule has 2 rings (SSSR count). The predicted octanol–water partition coefficient (Wildman–Crippen LogP) is 3.40. The third-order valence-electron chi connectivity index (χ3n) is 3.95. The van der Waals surface area contributed by atoms with Crippen LogP contribution in [-0.4, -0.2) is 39.8 Å². The normalized spacial score (nSPS) is 10.2. The molecule has 0 heterocycles. The lowest BCUT2D eigenvalue weighted by Gasteiger charge is -2.13. The van der Waals surface area contributed by atoms with Gasteiger partial charge in [0.15, 0.2) is 6.61 Å². The quantitative estimate of drug-likeness (QED) is 0.675. The van der Waals surface area contributed by atoms with Crippen molar-refractivity contribution in [3.8, 4) is 17.2 Å². The highest BCUT2D eigenvalue weighted by Crippen LogP contribution is 2.31. The smallest absolute Gasteiger partial charge is 0.310 e. The molecule has 0 radical (unpaired) electrons. The van der Waals surface area contributed by atoms with Crippen LogP contribution >= 0.6 is 11.6 Å². The summed E-state index contributed by atoms with van der Waals surface area (Å²) in [7, 11) is 4.51. The van der Waals surface area contributed by atoms with Crippen molar-refractivity contribution in [3.63, 3.8) is 0 Å². The van der Waals surface area contributed by atoms with Crippen LogP contribution in [0.2, 0.25) is 5.02 Å². The van der Waals surface area contributed by atoms with Crippen molar-refractivity contribution >= 4 is 29.2 Å². The van der Waals surface area contributed by atoms with Crippen molar-refractivity contribution in [2.75, 3.05) is 33.3 Å². The van der Waals surface area contributed by atoms with Crippen molar-refractivity contribution in [2.45, 2.75) is 13.3 Å². The van der Waals surface area contributed by atoms with Crippen LogP contribution < -0.4 is 19.5 Å². The van der Waals surface area contributed by atoms with Gasteiger partial charge in [-0.3, -0.25) is 9.59 Å². The van der Waals surface area contributed by atoms with Gasteiger partial charge in [-0.15, -0.1) is 0 Å². The maximum Gasteiger partial charge on any atom is 0.310 e. The Kier molecular flexibility index (Phi) is 7.52. The van der Waals surface area contributed by atoms with Crippen LogP contribution in [0.5, 0.6) is 17.2 Å². The Morgan fingerprint density at radius 1 is 1.00 bits per heavy atom. The van der Waals surface area contributed by atoms with Crippen molar-refractivity contribution in [1.29, 1.82) is 0 Å². The van der Waals surface area contributed by atoms with E-state index >= 15 is 0 Å². The molecule has 0 spiro atoms. The summed E-state index contributed by atoms with van der Waals surface area (Å²) in [6.45, 7) is 1.38. The lowest BCUT2D eigenvalue weighted by atomic mass is 10.1. The van der Waals surface area contributed by atoms with Gasteiger partial charge >= 0.3 is 5.97 Å². The zero-order valence-electron chi connectivity index (χ0n) is 16.1. The summed E-state index contributed by atoms with van der Waals surface area (Å²) < 4.78 is 20.6. The fourth-order valence-electron chi connectivity index (χ4n) is 2.47. The number of hydrogen-bond acceptors (Lipinski definition) is 6. The minimum absolute atomic E-state index is 0.0379. The molecule has 0 bridgehead atoms. The van der Waals surface area contributed by atoms with E-state index in [2.05, 4.69) is 5.32 Å². The van der Waals surface area contributed by atoms with Crippen LogP contribution in [0.3, 0.4) is 0 Å². The second kappa shape index (κ2) is 9.85. The summed E-state index contributed by atoms with van der Waals surface area (Å²) in [5.74, 6) is 0.480. The van der Waals surface area contributed by atoms with E-state index in [-0.39, 0.29) is 6.42 Å². The van der Waals surface area contributed by atoms with Crippen molar-refractivity contribution in [2.24, 2.45) is 0 Å². The Morgan fingerprint density at radius 3 is 2.36 bits per heavy atom. The largest absolute Gasteiger partial charge is 0.497 e. The Hall–Kier alpha value is -2.93. The van der Waals surface area contributed by atoms with Gasteiger partial charge in [0, 0.05) is 22.7 Å². The lowest BCUT2D eigenvalue weighted by Crippen LogP contribution is -2.22. The third-order valence-corrected chi connectivity index (χ3v) is 4.36. The van der Waals surface area contributed by atoms with Gasteiger partial charge in [0.25, 0.3) is 5.91 Å². The Labute approximate surface area is 168 Å². The molecule has 0 fully saturated rings. The zero-order chi connectivity index (χ0) is 20.7. The highest BCUT2D eigenvalue weighted by Gasteiger charge is 2.15. The molecule has 0 saturated carbocycles. The zero-order valence-corrected chi connectivity index (χ0v) is 16.9. The van der Waals surface area contributed by atoms with E-state index in [1.54, 1.807) is 44.4 Å². The molecule has 7 nitrogen and oxygen atoms in total. The van der Waals surface area contributed by atoms with Gasteiger partial charge in [-0.05, 0) is 24.6 Å². The van der Waals surface area contributed by atoms with Gasteiger partial charge < -0.3 is 24.3 Å². The summed E-state index contributed by atoms with van der Waals surface area (Å²) in [4.78, 5) is 24.2. The predicted molar refractivity (Wildman–Crippen MR) is 106 cm³/mol. The summed E-state index contributed by atoms with van der Waals surface area (Å²) in [6, 6.07) is 8.38. The number of carbonyl (C=O) groups excluding carboxylic acids is 2. The van der Waals surface area contributed by atoms with E-state index in [9.17, 15) is 9.59 Å². The summed E-state index contributed by atoms with van der Waals surface area (Å²) in [6.07, 6.45) is -0.0379. The first-order valence-electron chi connectivity index (χ1n) is 8.38. The molecule has 0 saturated heterocycles. The lowest BCUT2D eigenvalue weighted by molar-refractivity contribution is -0.146. The molecule has 150 valence electrons. The number of ether oxygens (including phenoxy) is 4. The molecule has 0 aromatic heterocycles. The average molecular weight is 408 g/mol. The number of methoxy groups -OCH3 is 3. The number of hydrogen-bond donors (Lipinski definition) is 1. The number of anilines is 1. The molecular weight excluding hydrogens is 386 g/mol. The number of amides is 1. The van der Waals surface area contributed by atoms with Gasteiger partial charge in [0.05, 0.1) is 33.4 Å². The number of nitrogens with one attached hydrogen (secondary N) is 1. The van der Waals surface area contributed by atoms with E-state index in [0.29, 0.717) is 33.5 Å². The number of esters is 1. The van der Waals surface area contributed by atoms with Crippen LogP contribution in [0.15, 0.2) is 30.3 Å². The Morgan fingerprint density at radius 2 is 1.71 bits per heavy atom. The van der Waals surface area contributed by atoms with Crippen LogP contribution in [0.4, 0.5) is 5.69 Å². The molecule has 0 atom stereocenters. The molecule has 1 N–H and O–H groups in total. The van der Waals surface area contributed by atoms with E-state index < -0.39 is 18.5 Å². The SMILES string of the molecule is COc1ccc(CC(=O)OCC(=O)Nc2cc(C)c(Cl)cc2OC)c(OC)c1. The summed E-state index contributed by atoms with van der Waals surface area (Å²) in [5.41, 5.74) is 1.85. The van der Waals surface area contributed by atoms with Gasteiger partial charge in [-0.1, -0.05) is 17.7 Å². The van der Waals surface area contributed by atoms with Gasteiger partial charge in [-0.2, -0.15) is 0 Å². The number of carbonyl (C=O) groups is 2. The average Bonchev–Trinajstić information content (AvgIpc) is 2.69. The molecule has 0 unspecified atom stereocenters.